The normalized spacial score (nSPS) is 11.4. The fourth-order valence-electron chi connectivity index (χ4n) is 2.12. The number of nitrogens with two attached hydrogens (primary N) is 1. The van der Waals surface area contributed by atoms with Crippen molar-refractivity contribution >= 4 is 17.1 Å². The lowest BCUT2D eigenvalue weighted by Gasteiger charge is -2.03. The molecule has 19 heavy (non-hydrogen) atoms. The van der Waals surface area contributed by atoms with Crippen molar-refractivity contribution in [2.24, 2.45) is 5.73 Å². The molecule has 3 aromatic heterocycles. The standard InChI is InChI=1S/C12H14N6S/c1-6-4-7(2)18-11(16-17-12(18)14-6)10-8(3)15-9(5-13)19-10/h4H,5,13H2,1-3H3. The Morgan fingerprint density at radius 2 is 2.00 bits per heavy atom. The highest BCUT2D eigenvalue weighted by molar-refractivity contribution is 7.15. The Labute approximate surface area is 114 Å². The molecule has 0 saturated carbocycles. The van der Waals surface area contributed by atoms with E-state index < -0.39 is 0 Å². The highest BCUT2D eigenvalue weighted by atomic mass is 32.1. The number of nitrogens with zero attached hydrogens (tertiary/aromatic N) is 5. The molecule has 0 unspecified atom stereocenters. The Kier molecular flexibility index (Phi) is 2.79. The smallest absolute Gasteiger partial charge is 0.255 e. The van der Waals surface area contributed by atoms with Gasteiger partial charge in [-0.1, -0.05) is 0 Å². The van der Waals surface area contributed by atoms with E-state index in [1.807, 2.05) is 31.2 Å². The highest BCUT2D eigenvalue weighted by Crippen LogP contribution is 2.29. The van der Waals surface area contributed by atoms with E-state index in [2.05, 4.69) is 20.2 Å². The van der Waals surface area contributed by atoms with Crippen LogP contribution in [-0.4, -0.2) is 24.6 Å². The van der Waals surface area contributed by atoms with Crippen LogP contribution in [0.25, 0.3) is 16.5 Å². The van der Waals surface area contributed by atoms with Gasteiger partial charge >= 0.3 is 0 Å². The average molecular weight is 274 g/mol. The SMILES string of the molecule is Cc1cc(C)n2c(-c3sc(CN)nc3C)nnc2n1. The predicted octanol–water partition coefficient (Wildman–Crippen LogP) is 1.63. The zero-order valence-electron chi connectivity index (χ0n) is 11.0. The summed E-state index contributed by atoms with van der Waals surface area (Å²) in [6.45, 7) is 6.38. The monoisotopic (exact) mass is 274 g/mol. The third-order valence-corrected chi connectivity index (χ3v) is 4.09. The molecule has 0 fully saturated rings. The Hall–Kier alpha value is -1.86. The van der Waals surface area contributed by atoms with Crippen LogP contribution in [0.5, 0.6) is 0 Å². The lowest BCUT2D eigenvalue weighted by Crippen LogP contribution is -1.98. The number of thiazole rings is 1. The molecular weight excluding hydrogens is 260 g/mol. The van der Waals surface area contributed by atoms with Gasteiger partial charge in [0.15, 0.2) is 5.82 Å². The molecule has 0 aromatic carbocycles. The van der Waals surface area contributed by atoms with Gasteiger partial charge in [0.2, 0.25) is 0 Å². The van der Waals surface area contributed by atoms with Gasteiger partial charge in [0.1, 0.15) is 5.01 Å². The number of rotatable bonds is 2. The van der Waals surface area contributed by atoms with E-state index in [1.54, 1.807) is 11.3 Å². The summed E-state index contributed by atoms with van der Waals surface area (Å²) >= 11 is 1.56. The van der Waals surface area contributed by atoms with Gasteiger partial charge in [-0.2, -0.15) is 0 Å². The Morgan fingerprint density at radius 3 is 2.68 bits per heavy atom. The third-order valence-electron chi connectivity index (χ3n) is 2.91. The molecule has 0 bridgehead atoms. The van der Waals surface area contributed by atoms with Crippen LogP contribution < -0.4 is 5.73 Å². The van der Waals surface area contributed by atoms with Crippen LogP contribution in [0.3, 0.4) is 0 Å². The largest absolute Gasteiger partial charge is 0.325 e. The van der Waals surface area contributed by atoms with Crippen molar-refractivity contribution in [2.75, 3.05) is 0 Å². The molecule has 7 heteroatoms. The molecule has 3 heterocycles. The zero-order valence-corrected chi connectivity index (χ0v) is 11.8. The van der Waals surface area contributed by atoms with Crippen molar-refractivity contribution in [3.63, 3.8) is 0 Å². The third kappa shape index (κ3) is 1.91. The second kappa shape index (κ2) is 4.36. The van der Waals surface area contributed by atoms with Gasteiger partial charge in [-0.15, -0.1) is 21.5 Å². The molecular formula is C12H14N6S. The van der Waals surface area contributed by atoms with E-state index in [0.717, 1.165) is 32.8 Å². The first-order valence-corrected chi connectivity index (χ1v) is 6.78. The van der Waals surface area contributed by atoms with Crippen LogP contribution in [0.1, 0.15) is 22.1 Å². The summed E-state index contributed by atoms with van der Waals surface area (Å²) in [5.74, 6) is 1.41. The number of fused-ring (bicyclic) bond motifs is 1. The second-order valence-electron chi connectivity index (χ2n) is 4.42. The predicted molar refractivity (Wildman–Crippen MR) is 74.0 cm³/mol. The minimum atomic E-state index is 0.443. The first-order valence-electron chi connectivity index (χ1n) is 5.96. The van der Waals surface area contributed by atoms with E-state index in [9.17, 15) is 0 Å². The van der Waals surface area contributed by atoms with Gasteiger partial charge < -0.3 is 5.73 Å². The van der Waals surface area contributed by atoms with E-state index in [1.165, 1.54) is 0 Å². The van der Waals surface area contributed by atoms with Gasteiger partial charge in [0, 0.05) is 17.9 Å². The van der Waals surface area contributed by atoms with E-state index in [4.69, 9.17) is 5.73 Å². The molecule has 0 saturated heterocycles. The molecule has 0 aliphatic rings. The van der Waals surface area contributed by atoms with Crippen molar-refractivity contribution in [3.8, 4) is 10.7 Å². The maximum Gasteiger partial charge on any atom is 0.255 e. The fourth-order valence-corrected chi connectivity index (χ4v) is 3.04. The van der Waals surface area contributed by atoms with Gasteiger partial charge in [0.05, 0.1) is 10.6 Å². The topological polar surface area (TPSA) is 82.0 Å². The summed E-state index contributed by atoms with van der Waals surface area (Å²) in [6.07, 6.45) is 0. The van der Waals surface area contributed by atoms with Gasteiger partial charge in [-0.05, 0) is 26.8 Å². The molecule has 0 radical (unpaired) electrons. The first-order chi connectivity index (χ1) is 9.10. The van der Waals surface area contributed by atoms with Crippen molar-refractivity contribution in [1.82, 2.24) is 24.6 Å². The fraction of sp³-hybridized carbons (Fsp3) is 0.333. The van der Waals surface area contributed by atoms with Crippen LogP contribution in [0.4, 0.5) is 0 Å². The maximum atomic E-state index is 5.64. The number of aryl methyl sites for hydroxylation is 3. The Balaban J connectivity index is 2.28. The molecule has 2 N–H and O–H groups in total. The van der Waals surface area contributed by atoms with Crippen molar-refractivity contribution in [3.05, 3.63) is 28.2 Å². The quantitative estimate of drug-likeness (QED) is 0.768. The van der Waals surface area contributed by atoms with Crippen molar-refractivity contribution in [1.29, 1.82) is 0 Å². The summed E-state index contributed by atoms with van der Waals surface area (Å²) < 4.78 is 1.95. The summed E-state index contributed by atoms with van der Waals surface area (Å²) in [5.41, 5.74) is 8.57. The molecule has 0 spiro atoms. The Morgan fingerprint density at radius 1 is 1.21 bits per heavy atom. The molecule has 3 rings (SSSR count). The lowest BCUT2D eigenvalue weighted by molar-refractivity contribution is 1.01. The molecule has 98 valence electrons. The number of hydrogen-bond donors (Lipinski definition) is 1. The number of hydrogen-bond acceptors (Lipinski definition) is 6. The minimum Gasteiger partial charge on any atom is -0.325 e. The Bertz CT molecular complexity index is 757. The highest BCUT2D eigenvalue weighted by Gasteiger charge is 2.17. The van der Waals surface area contributed by atoms with Gasteiger partial charge in [-0.3, -0.25) is 4.40 Å². The van der Waals surface area contributed by atoms with Gasteiger partial charge in [-0.25, -0.2) is 9.97 Å². The summed E-state index contributed by atoms with van der Waals surface area (Å²) in [7, 11) is 0. The van der Waals surface area contributed by atoms with Crippen molar-refractivity contribution < 1.29 is 0 Å². The number of aromatic nitrogens is 5. The molecule has 0 amide bonds. The second-order valence-corrected chi connectivity index (χ2v) is 5.51. The molecule has 0 aliphatic heterocycles. The van der Waals surface area contributed by atoms with Crippen LogP contribution >= 0.6 is 11.3 Å². The van der Waals surface area contributed by atoms with Crippen LogP contribution in [0.15, 0.2) is 6.07 Å². The molecule has 0 atom stereocenters. The van der Waals surface area contributed by atoms with Gasteiger partial charge in [0.25, 0.3) is 5.78 Å². The molecule has 0 aliphatic carbocycles. The zero-order chi connectivity index (χ0) is 13.6. The van der Waals surface area contributed by atoms with Crippen molar-refractivity contribution in [2.45, 2.75) is 27.3 Å². The van der Waals surface area contributed by atoms with Crippen LogP contribution in [0.2, 0.25) is 0 Å². The minimum absolute atomic E-state index is 0.443. The van der Waals surface area contributed by atoms with Crippen LogP contribution in [0, 0.1) is 20.8 Å². The van der Waals surface area contributed by atoms with E-state index in [-0.39, 0.29) is 0 Å². The molecule has 3 aromatic rings. The summed E-state index contributed by atoms with van der Waals surface area (Å²) in [4.78, 5) is 9.82. The maximum absolute atomic E-state index is 5.64. The molecule has 6 nitrogen and oxygen atoms in total. The van der Waals surface area contributed by atoms with Crippen LogP contribution in [-0.2, 0) is 6.54 Å². The summed E-state index contributed by atoms with van der Waals surface area (Å²) in [6, 6.07) is 2.01. The van der Waals surface area contributed by atoms with E-state index >= 15 is 0 Å². The van der Waals surface area contributed by atoms with E-state index in [0.29, 0.717) is 12.3 Å². The first kappa shape index (κ1) is 12.2. The summed E-state index contributed by atoms with van der Waals surface area (Å²) in [5, 5.41) is 9.30. The lowest BCUT2D eigenvalue weighted by atomic mass is 10.3. The average Bonchev–Trinajstić information content (AvgIpc) is 2.92.